The fourth-order valence-corrected chi connectivity index (χ4v) is 2.96. The van der Waals surface area contributed by atoms with Crippen LogP contribution < -0.4 is 0 Å². The van der Waals surface area contributed by atoms with Crippen LogP contribution in [0.5, 0.6) is 0 Å². The van der Waals surface area contributed by atoms with Gasteiger partial charge >= 0.3 is 0 Å². The molecule has 0 saturated carbocycles. The second-order valence-corrected chi connectivity index (χ2v) is 4.07. The number of rotatable bonds is 2. The van der Waals surface area contributed by atoms with Gasteiger partial charge in [0, 0.05) is 14.9 Å². The molecule has 0 spiro atoms. The van der Waals surface area contributed by atoms with Gasteiger partial charge in [-0.3, -0.25) is 0 Å². The summed E-state index contributed by atoms with van der Waals surface area (Å²) in [5.74, 6) is 0. The van der Waals surface area contributed by atoms with Crippen LogP contribution in [0.15, 0.2) is 9.81 Å². The van der Waals surface area contributed by atoms with E-state index in [2.05, 4.69) is 0 Å². The van der Waals surface area contributed by atoms with Crippen LogP contribution in [-0.2, 0) is 0 Å². The van der Waals surface area contributed by atoms with Gasteiger partial charge in [0.25, 0.3) is 0 Å². The van der Waals surface area contributed by atoms with Crippen molar-refractivity contribution in [3.63, 3.8) is 0 Å². The van der Waals surface area contributed by atoms with E-state index in [1.807, 2.05) is 0 Å². The molecule has 52 valence electrons. The van der Waals surface area contributed by atoms with Gasteiger partial charge in [0.15, 0.2) is 0 Å². The van der Waals surface area contributed by atoms with Gasteiger partial charge in [-0.05, 0) is 0 Å². The number of thioether (sulfide) groups is 2. The Bertz CT molecular complexity index is 119. The minimum atomic E-state index is 0.0769. The highest BCUT2D eigenvalue weighted by Gasteiger charge is 2.13. The quantitative estimate of drug-likeness (QED) is 0.627. The molecule has 0 aromatic heterocycles. The normalized spacial score (nSPS) is 19.3. The molecule has 0 bridgehead atoms. The molecule has 4 heteroatoms. The van der Waals surface area contributed by atoms with E-state index < -0.39 is 0 Å². The summed E-state index contributed by atoms with van der Waals surface area (Å²) in [6.45, 7) is 0.154. The molecule has 0 unspecified atom stereocenters. The molecule has 9 heavy (non-hydrogen) atoms. The van der Waals surface area contributed by atoms with Crippen molar-refractivity contribution >= 4 is 23.5 Å². The Labute approximate surface area is 62.3 Å². The summed E-state index contributed by atoms with van der Waals surface area (Å²) in [6.07, 6.45) is 0. The molecule has 1 aliphatic heterocycles. The lowest BCUT2D eigenvalue weighted by atomic mass is 10.5. The molecule has 2 nitrogen and oxygen atoms in total. The molecular weight excluding hydrogens is 156 g/mol. The molecule has 1 aliphatic rings. The zero-order valence-corrected chi connectivity index (χ0v) is 6.47. The molecule has 0 aromatic rings. The Balaban J connectivity index is 2.59. The van der Waals surface area contributed by atoms with E-state index in [0.29, 0.717) is 0 Å². The van der Waals surface area contributed by atoms with Gasteiger partial charge in [-0.15, -0.1) is 23.5 Å². The molecular formula is C5H8O2S2. The van der Waals surface area contributed by atoms with Crippen molar-refractivity contribution in [1.82, 2.24) is 0 Å². The molecule has 0 aliphatic carbocycles. The zero-order valence-electron chi connectivity index (χ0n) is 4.83. The number of hydrogen-bond acceptors (Lipinski definition) is 4. The van der Waals surface area contributed by atoms with E-state index in [1.54, 1.807) is 23.5 Å². The Hall–Kier alpha value is 0.360. The maximum atomic E-state index is 8.66. The largest absolute Gasteiger partial charge is 0.391 e. The summed E-state index contributed by atoms with van der Waals surface area (Å²) in [7, 11) is 0. The minimum absolute atomic E-state index is 0.0769. The molecule has 1 rings (SSSR count). The second kappa shape index (κ2) is 3.51. The highest BCUT2D eigenvalue weighted by atomic mass is 32.2. The van der Waals surface area contributed by atoms with Crippen molar-refractivity contribution in [2.75, 3.05) is 18.3 Å². The fraction of sp³-hybridized carbons (Fsp3) is 0.600. The van der Waals surface area contributed by atoms with Crippen LogP contribution in [0.1, 0.15) is 0 Å². The lowest BCUT2D eigenvalue weighted by molar-refractivity contribution is 0.324. The van der Waals surface area contributed by atoms with Gasteiger partial charge in [-0.25, -0.2) is 0 Å². The van der Waals surface area contributed by atoms with E-state index in [4.69, 9.17) is 10.2 Å². The van der Waals surface area contributed by atoms with E-state index in [1.165, 1.54) is 0 Å². The topological polar surface area (TPSA) is 40.5 Å². The monoisotopic (exact) mass is 164 g/mol. The third-order valence-electron chi connectivity index (χ3n) is 1.06. The molecule has 0 fully saturated rings. The molecule has 0 aromatic carbocycles. The maximum absolute atomic E-state index is 8.66. The van der Waals surface area contributed by atoms with Crippen molar-refractivity contribution in [2.24, 2.45) is 0 Å². The lowest BCUT2D eigenvalue weighted by Gasteiger charge is -1.95. The van der Waals surface area contributed by atoms with Gasteiger partial charge in [0.05, 0.1) is 13.2 Å². The lowest BCUT2D eigenvalue weighted by Crippen LogP contribution is -1.89. The van der Waals surface area contributed by atoms with Crippen LogP contribution in [0, 0.1) is 0 Å². The summed E-state index contributed by atoms with van der Waals surface area (Å²) in [5, 5.41) is 18.3. The first-order chi connectivity index (χ1) is 4.38. The summed E-state index contributed by atoms with van der Waals surface area (Å²) < 4.78 is 0. The van der Waals surface area contributed by atoms with Crippen molar-refractivity contribution in [2.45, 2.75) is 0 Å². The van der Waals surface area contributed by atoms with E-state index in [0.717, 1.165) is 14.9 Å². The van der Waals surface area contributed by atoms with Gasteiger partial charge < -0.3 is 10.2 Å². The van der Waals surface area contributed by atoms with Gasteiger partial charge in [-0.1, -0.05) is 0 Å². The highest BCUT2D eigenvalue weighted by Crippen LogP contribution is 2.38. The van der Waals surface area contributed by atoms with Crippen LogP contribution in [0.3, 0.4) is 0 Å². The second-order valence-electron chi connectivity index (χ2n) is 1.57. The van der Waals surface area contributed by atoms with Crippen LogP contribution >= 0.6 is 23.5 Å². The predicted octanol–water partition coefficient (Wildman–Crippen LogP) is 0.620. The van der Waals surface area contributed by atoms with Crippen LogP contribution in [0.25, 0.3) is 0 Å². The molecule has 2 N–H and O–H groups in total. The third kappa shape index (κ3) is 1.64. The molecule has 1 heterocycles. The maximum Gasteiger partial charge on any atom is 0.0749 e. The smallest absolute Gasteiger partial charge is 0.0749 e. The van der Waals surface area contributed by atoms with Crippen molar-refractivity contribution in [3.05, 3.63) is 9.81 Å². The van der Waals surface area contributed by atoms with E-state index >= 15 is 0 Å². The Morgan fingerprint density at radius 1 is 1.11 bits per heavy atom. The molecule has 0 saturated heterocycles. The van der Waals surface area contributed by atoms with Gasteiger partial charge in [-0.2, -0.15) is 0 Å². The Morgan fingerprint density at radius 3 is 1.89 bits per heavy atom. The summed E-state index contributed by atoms with van der Waals surface area (Å²) in [4.78, 5) is 1.87. The molecule has 0 radical (unpaired) electrons. The van der Waals surface area contributed by atoms with Gasteiger partial charge in [0.1, 0.15) is 0 Å². The van der Waals surface area contributed by atoms with Crippen molar-refractivity contribution in [3.8, 4) is 0 Å². The van der Waals surface area contributed by atoms with Crippen LogP contribution in [0.2, 0.25) is 0 Å². The summed E-state index contributed by atoms with van der Waals surface area (Å²) in [5.41, 5.74) is 0. The third-order valence-corrected chi connectivity index (χ3v) is 3.58. The summed E-state index contributed by atoms with van der Waals surface area (Å²) >= 11 is 3.22. The average Bonchev–Trinajstić information content (AvgIpc) is 2.33. The minimum Gasteiger partial charge on any atom is -0.391 e. The van der Waals surface area contributed by atoms with Crippen molar-refractivity contribution < 1.29 is 10.2 Å². The predicted molar refractivity (Wildman–Crippen MR) is 41.2 cm³/mol. The molecule has 0 atom stereocenters. The van der Waals surface area contributed by atoms with E-state index in [9.17, 15) is 0 Å². The average molecular weight is 164 g/mol. The standard InChI is InChI=1S/C5H8O2S2/c6-1-4-5(2-7)9-3-8-4/h6-7H,1-3H2. The first-order valence-electron chi connectivity index (χ1n) is 2.58. The molecule has 0 amide bonds. The first kappa shape index (κ1) is 7.47. The van der Waals surface area contributed by atoms with Crippen LogP contribution in [0.4, 0.5) is 0 Å². The Kier molecular flexibility index (Phi) is 2.91. The number of hydrogen-bond donors (Lipinski definition) is 2. The number of aliphatic hydroxyl groups excluding tert-OH is 2. The van der Waals surface area contributed by atoms with Gasteiger partial charge in [0.2, 0.25) is 0 Å². The van der Waals surface area contributed by atoms with Crippen LogP contribution in [-0.4, -0.2) is 28.5 Å². The number of aliphatic hydroxyl groups is 2. The fourth-order valence-electron chi connectivity index (χ4n) is 0.600. The zero-order chi connectivity index (χ0) is 6.69. The summed E-state index contributed by atoms with van der Waals surface area (Å²) in [6, 6.07) is 0. The van der Waals surface area contributed by atoms with E-state index in [-0.39, 0.29) is 13.2 Å². The SMILES string of the molecule is OCC1=C(CO)SCS1. The highest BCUT2D eigenvalue weighted by molar-refractivity contribution is 8.22. The van der Waals surface area contributed by atoms with Crippen molar-refractivity contribution in [1.29, 1.82) is 0 Å². The first-order valence-corrected chi connectivity index (χ1v) is 4.55. The Morgan fingerprint density at radius 2 is 1.56 bits per heavy atom.